The summed E-state index contributed by atoms with van der Waals surface area (Å²) >= 11 is 1.59. The number of rotatable bonds is 3. The van der Waals surface area contributed by atoms with Gasteiger partial charge in [-0.05, 0) is 20.8 Å². The van der Waals surface area contributed by atoms with Gasteiger partial charge >= 0.3 is 0 Å². The van der Waals surface area contributed by atoms with Crippen LogP contribution in [0.5, 0.6) is 0 Å². The van der Waals surface area contributed by atoms with E-state index in [2.05, 4.69) is 55.2 Å². The monoisotopic (exact) mass is 253 g/mol. The molecule has 0 aliphatic heterocycles. The van der Waals surface area contributed by atoms with Crippen LogP contribution in [-0.2, 0) is 6.54 Å². The molecule has 0 fully saturated rings. The summed E-state index contributed by atoms with van der Waals surface area (Å²) in [6.07, 6.45) is 0. The molecule has 2 aromatic heterocycles. The van der Waals surface area contributed by atoms with Gasteiger partial charge in [-0.2, -0.15) is 9.61 Å². The van der Waals surface area contributed by atoms with Crippen molar-refractivity contribution in [3.63, 3.8) is 0 Å². The Hall–Kier alpha value is -1.01. The van der Waals surface area contributed by atoms with Crippen molar-refractivity contribution < 1.29 is 0 Å². The van der Waals surface area contributed by atoms with E-state index in [-0.39, 0.29) is 5.54 Å². The zero-order valence-corrected chi connectivity index (χ0v) is 11.8. The summed E-state index contributed by atoms with van der Waals surface area (Å²) in [7, 11) is 0. The molecule has 0 radical (unpaired) electrons. The fourth-order valence-corrected chi connectivity index (χ4v) is 2.22. The van der Waals surface area contributed by atoms with E-state index in [9.17, 15) is 0 Å². The predicted molar refractivity (Wildman–Crippen MR) is 69.3 cm³/mol. The normalized spacial score (nSPS) is 12.8. The summed E-state index contributed by atoms with van der Waals surface area (Å²) < 4.78 is 1.86. The maximum absolute atomic E-state index is 4.54. The van der Waals surface area contributed by atoms with E-state index in [1.54, 1.807) is 11.3 Å². The minimum absolute atomic E-state index is 0.104. The molecule has 0 bridgehead atoms. The molecule has 2 heterocycles. The van der Waals surface area contributed by atoms with Gasteiger partial charge < -0.3 is 5.32 Å². The average molecular weight is 253 g/mol. The van der Waals surface area contributed by atoms with Crippen LogP contribution in [0.4, 0.5) is 0 Å². The molecule has 0 saturated heterocycles. The fraction of sp³-hybridized carbons (Fsp3) is 0.727. The lowest BCUT2D eigenvalue weighted by Gasteiger charge is -2.19. The van der Waals surface area contributed by atoms with Gasteiger partial charge in [0, 0.05) is 11.5 Å². The standard InChI is InChI=1S/C11H19N5S/c1-7(2)9-13-14-10-16(9)15-8(17-10)6-12-11(3,4)5/h7,12H,6H2,1-5H3. The average Bonchev–Trinajstić information content (AvgIpc) is 2.70. The second-order valence-corrected chi connectivity index (χ2v) is 6.55. The Balaban J connectivity index is 2.21. The third-order valence-corrected chi connectivity index (χ3v) is 3.24. The molecule has 0 amide bonds. The Morgan fingerprint density at radius 3 is 2.59 bits per heavy atom. The van der Waals surface area contributed by atoms with Crippen LogP contribution < -0.4 is 5.32 Å². The lowest BCUT2D eigenvalue weighted by molar-refractivity contribution is 0.422. The zero-order chi connectivity index (χ0) is 12.6. The van der Waals surface area contributed by atoms with Crippen molar-refractivity contribution in [2.45, 2.75) is 52.6 Å². The van der Waals surface area contributed by atoms with Gasteiger partial charge in [0.05, 0.1) is 6.54 Å². The van der Waals surface area contributed by atoms with Crippen LogP contribution in [0.2, 0.25) is 0 Å². The molecule has 0 aliphatic rings. The molecule has 17 heavy (non-hydrogen) atoms. The first kappa shape index (κ1) is 12.4. The Kier molecular flexibility index (Phi) is 3.18. The second kappa shape index (κ2) is 4.34. The molecule has 6 heteroatoms. The lowest BCUT2D eigenvalue weighted by atomic mass is 10.1. The second-order valence-electron chi connectivity index (χ2n) is 5.51. The number of hydrogen-bond acceptors (Lipinski definition) is 5. The summed E-state index contributed by atoms with van der Waals surface area (Å²) in [6.45, 7) is 11.4. The van der Waals surface area contributed by atoms with Crippen LogP contribution in [0.25, 0.3) is 4.96 Å². The van der Waals surface area contributed by atoms with Crippen LogP contribution in [0.15, 0.2) is 0 Å². The van der Waals surface area contributed by atoms with Gasteiger partial charge in [-0.25, -0.2) is 0 Å². The lowest BCUT2D eigenvalue weighted by Crippen LogP contribution is -2.35. The van der Waals surface area contributed by atoms with Crippen LogP contribution in [0.3, 0.4) is 0 Å². The molecule has 0 spiro atoms. The van der Waals surface area contributed by atoms with E-state index in [0.29, 0.717) is 5.92 Å². The smallest absolute Gasteiger partial charge is 0.234 e. The molecule has 0 aliphatic carbocycles. The number of fused-ring (bicyclic) bond motifs is 1. The van der Waals surface area contributed by atoms with E-state index < -0.39 is 0 Å². The predicted octanol–water partition coefficient (Wildman–Crippen LogP) is 2.20. The van der Waals surface area contributed by atoms with Crippen LogP contribution >= 0.6 is 11.3 Å². The maximum Gasteiger partial charge on any atom is 0.234 e. The van der Waals surface area contributed by atoms with Crippen molar-refractivity contribution in [2.24, 2.45) is 0 Å². The quantitative estimate of drug-likeness (QED) is 0.911. The van der Waals surface area contributed by atoms with Gasteiger partial charge in [-0.15, -0.1) is 10.2 Å². The number of nitrogens with one attached hydrogen (secondary N) is 1. The van der Waals surface area contributed by atoms with E-state index in [1.165, 1.54) is 0 Å². The zero-order valence-electron chi connectivity index (χ0n) is 11.0. The summed E-state index contributed by atoms with van der Waals surface area (Å²) in [6, 6.07) is 0. The Morgan fingerprint density at radius 2 is 2.00 bits per heavy atom. The summed E-state index contributed by atoms with van der Waals surface area (Å²) in [5, 5.41) is 17.3. The molecule has 94 valence electrons. The van der Waals surface area contributed by atoms with Crippen LogP contribution in [-0.4, -0.2) is 25.4 Å². The Morgan fingerprint density at radius 1 is 1.29 bits per heavy atom. The Bertz CT molecular complexity index is 505. The first-order chi connectivity index (χ1) is 7.87. The van der Waals surface area contributed by atoms with Gasteiger partial charge in [0.1, 0.15) is 5.01 Å². The van der Waals surface area contributed by atoms with Crippen molar-refractivity contribution in [1.82, 2.24) is 25.1 Å². The fourth-order valence-electron chi connectivity index (χ4n) is 1.44. The van der Waals surface area contributed by atoms with E-state index in [4.69, 9.17) is 0 Å². The van der Waals surface area contributed by atoms with Gasteiger partial charge in [-0.3, -0.25) is 0 Å². The molecule has 2 rings (SSSR count). The summed E-state index contributed by atoms with van der Waals surface area (Å²) in [4.78, 5) is 0.874. The van der Waals surface area contributed by atoms with Crippen molar-refractivity contribution >= 4 is 16.3 Å². The highest BCUT2D eigenvalue weighted by molar-refractivity contribution is 7.16. The largest absolute Gasteiger partial charge is 0.306 e. The van der Waals surface area contributed by atoms with E-state index >= 15 is 0 Å². The van der Waals surface area contributed by atoms with Crippen LogP contribution in [0.1, 0.15) is 51.4 Å². The molecular formula is C11H19N5S. The first-order valence-electron chi connectivity index (χ1n) is 5.83. The van der Waals surface area contributed by atoms with Crippen molar-refractivity contribution in [2.75, 3.05) is 0 Å². The van der Waals surface area contributed by atoms with E-state index in [0.717, 1.165) is 22.3 Å². The minimum Gasteiger partial charge on any atom is -0.306 e. The molecule has 1 N–H and O–H groups in total. The molecule has 0 atom stereocenters. The maximum atomic E-state index is 4.54. The van der Waals surface area contributed by atoms with Crippen LogP contribution in [0, 0.1) is 0 Å². The third kappa shape index (κ3) is 2.81. The SMILES string of the molecule is CC(C)c1nnc2sc(CNC(C)(C)C)nn12. The highest BCUT2D eigenvalue weighted by atomic mass is 32.1. The summed E-state index contributed by atoms with van der Waals surface area (Å²) in [5.41, 5.74) is 0.104. The number of aromatic nitrogens is 4. The molecule has 0 aromatic carbocycles. The first-order valence-corrected chi connectivity index (χ1v) is 6.64. The van der Waals surface area contributed by atoms with Gasteiger partial charge in [0.25, 0.3) is 0 Å². The minimum atomic E-state index is 0.104. The third-order valence-electron chi connectivity index (χ3n) is 2.34. The highest BCUT2D eigenvalue weighted by Crippen LogP contribution is 2.18. The Labute approximate surface area is 105 Å². The molecule has 5 nitrogen and oxygen atoms in total. The molecular weight excluding hydrogens is 234 g/mol. The molecule has 0 saturated carbocycles. The molecule has 2 aromatic rings. The molecule has 0 unspecified atom stereocenters. The van der Waals surface area contributed by atoms with Crippen molar-refractivity contribution in [3.05, 3.63) is 10.8 Å². The van der Waals surface area contributed by atoms with Gasteiger partial charge in [0.2, 0.25) is 4.96 Å². The number of nitrogens with zero attached hydrogens (tertiary/aromatic N) is 4. The van der Waals surface area contributed by atoms with Gasteiger partial charge in [0.15, 0.2) is 5.82 Å². The summed E-state index contributed by atoms with van der Waals surface area (Å²) in [5.74, 6) is 1.27. The highest BCUT2D eigenvalue weighted by Gasteiger charge is 2.15. The number of hydrogen-bond donors (Lipinski definition) is 1. The van der Waals surface area contributed by atoms with Crippen molar-refractivity contribution in [3.8, 4) is 0 Å². The van der Waals surface area contributed by atoms with Crippen molar-refractivity contribution in [1.29, 1.82) is 0 Å². The van der Waals surface area contributed by atoms with Gasteiger partial charge in [-0.1, -0.05) is 25.2 Å². The van der Waals surface area contributed by atoms with E-state index in [1.807, 2.05) is 4.52 Å². The topological polar surface area (TPSA) is 55.1 Å².